The van der Waals surface area contributed by atoms with Crippen LogP contribution in [-0.4, -0.2) is 51.2 Å². The Morgan fingerprint density at radius 3 is 1.90 bits per heavy atom. The maximum Gasteiger partial charge on any atom is 0.257 e. The number of pyridine rings is 1. The molecule has 0 aliphatic rings. The van der Waals surface area contributed by atoms with Crippen LogP contribution in [-0.2, 0) is 20.0 Å². The van der Waals surface area contributed by atoms with Gasteiger partial charge in [-0.25, -0.2) is 21.8 Å². The summed E-state index contributed by atoms with van der Waals surface area (Å²) in [6, 6.07) is 7.63. The summed E-state index contributed by atoms with van der Waals surface area (Å²) in [7, 11) is -6.21. The van der Waals surface area contributed by atoms with E-state index < -0.39 is 20.0 Å². The fourth-order valence-corrected chi connectivity index (χ4v) is 5.62. The quantitative estimate of drug-likeness (QED) is 0.474. The lowest BCUT2D eigenvalue weighted by molar-refractivity contribution is 0.0963. The third-order valence-corrected chi connectivity index (χ3v) is 7.80. The molecule has 0 atom stereocenters. The average molecular weight is 470 g/mol. The molecule has 0 aliphatic carbocycles. The number of benzene rings is 1. The third kappa shape index (κ3) is 5.79. The van der Waals surface area contributed by atoms with E-state index in [0.29, 0.717) is 5.56 Å². The SMILES string of the molecule is CNC(=O)c1ccc(S(=O)(=O)NNc2ccc(S(=O)(=O)N(C(C)C)C(C)C)cn2)cc1. The summed E-state index contributed by atoms with van der Waals surface area (Å²) >= 11 is 0. The summed E-state index contributed by atoms with van der Waals surface area (Å²) in [5.74, 6) is -0.215. The number of aromatic nitrogens is 1. The Kier molecular flexibility index (Phi) is 7.76. The molecule has 12 heteroatoms. The molecule has 31 heavy (non-hydrogen) atoms. The van der Waals surface area contributed by atoms with Crippen molar-refractivity contribution in [2.24, 2.45) is 0 Å². The van der Waals surface area contributed by atoms with Crippen LogP contribution < -0.4 is 15.6 Å². The highest BCUT2D eigenvalue weighted by atomic mass is 32.2. The van der Waals surface area contributed by atoms with Crippen molar-refractivity contribution in [1.82, 2.24) is 19.4 Å². The van der Waals surface area contributed by atoms with E-state index in [1.807, 2.05) is 0 Å². The van der Waals surface area contributed by atoms with E-state index in [1.54, 1.807) is 27.7 Å². The van der Waals surface area contributed by atoms with Crippen LogP contribution in [0, 0.1) is 0 Å². The van der Waals surface area contributed by atoms with Gasteiger partial charge in [0.2, 0.25) is 10.0 Å². The lowest BCUT2D eigenvalue weighted by atomic mass is 10.2. The van der Waals surface area contributed by atoms with Crippen molar-refractivity contribution >= 4 is 31.8 Å². The standard InChI is InChI=1S/C19H27N5O5S2/c1-13(2)24(14(3)4)31(28,29)17-10-11-18(21-12-17)22-23-30(26,27)16-8-6-15(7-9-16)19(25)20-5/h6-14,23H,1-5H3,(H,20,25)(H,21,22). The zero-order valence-corrected chi connectivity index (χ0v) is 19.6. The highest BCUT2D eigenvalue weighted by molar-refractivity contribution is 7.89. The average Bonchev–Trinajstić information content (AvgIpc) is 2.71. The molecule has 1 aromatic heterocycles. The van der Waals surface area contributed by atoms with Gasteiger partial charge in [0, 0.05) is 30.9 Å². The molecule has 1 amide bonds. The topological polar surface area (TPSA) is 138 Å². The zero-order chi connectivity index (χ0) is 23.4. The number of sulfonamides is 2. The fourth-order valence-electron chi connectivity index (χ4n) is 2.99. The maximum atomic E-state index is 12.9. The van der Waals surface area contributed by atoms with Gasteiger partial charge in [-0.3, -0.25) is 10.2 Å². The Morgan fingerprint density at radius 1 is 0.903 bits per heavy atom. The van der Waals surface area contributed by atoms with E-state index in [2.05, 4.69) is 20.6 Å². The van der Waals surface area contributed by atoms with E-state index in [4.69, 9.17) is 0 Å². The van der Waals surface area contributed by atoms with Crippen LogP contribution >= 0.6 is 0 Å². The molecule has 0 spiro atoms. The van der Waals surface area contributed by atoms with Crippen LogP contribution in [0.5, 0.6) is 0 Å². The number of amides is 1. The second-order valence-electron chi connectivity index (χ2n) is 7.24. The minimum Gasteiger partial charge on any atom is -0.355 e. The molecule has 0 radical (unpaired) electrons. The highest BCUT2D eigenvalue weighted by Crippen LogP contribution is 2.21. The second kappa shape index (κ2) is 9.73. The highest BCUT2D eigenvalue weighted by Gasteiger charge is 2.29. The molecule has 0 saturated heterocycles. The number of hydrazine groups is 1. The van der Waals surface area contributed by atoms with Crippen molar-refractivity contribution < 1.29 is 21.6 Å². The summed E-state index contributed by atoms with van der Waals surface area (Å²) in [5.41, 5.74) is 2.77. The van der Waals surface area contributed by atoms with Gasteiger partial charge in [-0.2, -0.15) is 4.31 Å². The van der Waals surface area contributed by atoms with E-state index in [0.717, 1.165) is 0 Å². The van der Waals surface area contributed by atoms with Gasteiger partial charge < -0.3 is 5.32 Å². The summed E-state index contributed by atoms with van der Waals surface area (Å²) in [4.78, 5) is 17.7. The van der Waals surface area contributed by atoms with E-state index >= 15 is 0 Å². The van der Waals surface area contributed by atoms with Crippen molar-refractivity contribution in [3.8, 4) is 0 Å². The van der Waals surface area contributed by atoms with Gasteiger partial charge in [0.15, 0.2) is 0 Å². The number of nitrogens with one attached hydrogen (secondary N) is 3. The van der Waals surface area contributed by atoms with Crippen LogP contribution in [0.15, 0.2) is 52.4 Å². The van der Waals surface area contributed by atoms with Gasteiger partial charge in [-0.1, -0.05) is 0 Å². The smallest absolute Gasteiger partial charge is 0.257 e. The Bertz CT molecular complexity index is 1110. The normalized spacial score (nSPS) is 12.4. The van der Waals surface area contributed by atoms with E-state index in [-0.39, 0.29) is 33.6 Å². The Morgan fingerprint density at radius 2 is 1.45 bits per heavy atom. The fraction of sp³-hybridized carbons (Fsp3) is 0.368. The van der Waals surface area contributed by atoms with Gasteiger partial charge in [0.1, 0.15) is 10.7 Å². The molecule has 0 bridgehead atoms. The third-order valence-electron chi connectivity index (χ3n) is 4.30. The van der Waals surface area contributed by atoms with E-state index in [9.17, 15) is 21.6 Å². The number of rotatable bonds is 9. The monoisotopic (exact) mass is 469 g/mol. The Hall–Kier alpha value is -2.54. The minimum atomic E-state index is -3.94. The molecule has 0 unspecified atom stereocenters. The van der Waals surface area contributed by atoms with Gasteiger partial charge in [-0.15, -0.1) is 4.83 Å². The van der Waals surface area contributed by atoms with Crippen molar-refractivity contribution in [3.63, 3.8) is 0 Å². The number of nitrogens with zero attached hydrogens (tertiary/aromatic N) is 2. The van der Waals surface area contributed by atoms with Crippen LogP contribution in [0.3, 0.4) is 0 Å². The molecule has 3 N–H and O–H groups in total. The van der Waals surface area contributed by atoms with Crippen molar-refractivity contribution in [1.29, 1.82) is 0 Å². The summed E-state index contributed by atoms with van der Waals surface area (Å²) in [6.45, 7) is 7.15. The summed E-state index contributed by atoms with van der Waals surface area (Å²) < 4.78 is 51.9. The molecule has 10 nitrogen and oxygen atoms in total. The predicted molar refractivity (Wildman–Crippen MR) is 117 cm³/mol. The number of hydrogen-bond acceptors (Lipinski definition) is 7. The van der Waals surface area contributed by atoms with Crippen molar-refractivity contribution in [2.75, 3.05) is 12.5 Å². The molecule has 170 valence electrons. The lowest BCUT2D eigenvalue weighted by Crippen LogP contribution is -2.41. The Labute approximate surface area is 183 Å². The van der Waals surface area contributed by atoms with Crippen LogP contribution in [0.2, 0.25) is 0 Å². The molecular weight excluding hydrogens is 442 g/mol. The molecular formula is C19H27N5O5S2. The first-order valence-corrected chi connectivity index (χ1v) is 12.4. The molecule has 0 fully saturated rings. The Balaban J connectivity index is 2.14. The molecule has 0 saturated carbocycles. The molecule has 2 rings (SSSR count). The van der Waals surface area contributed by atoms with Crippen LogP contribution in [0.4, 0.5) is 5.82 Å². The zero-order valence-electron chi connectivity index (χ0n) is 17.9. The maximum absolute atomic E-state index is 12.9. The van der Waals surface area contributed by atoms with Gasteiger partial charge in [0.05, 0.1) is 4.90 Å². The van der Waals surface area contributed by atoms with Crippen LogP contribution in [0.25, 0.3) is 0 Å². The van der Waals surface area contributed by atoms with E-state index in [1.165, 1.54) is 53.9 Å². The summed E-state index contributed by atoms with van der Waals surface area (Å²) in [6.07, 6.45) is 1.17. The van der Waals surface area contributed by atoms with Gasteiger partial charge >= 0.3 is 0 Å². The molecule has 1 aromatic carbocycles. The summed E-state index contributed by atoms with van der Waals surface area (Å²) in [5, 5.41) is 2.45. The van der Waals surface area contributed by atoms with Crippen molar-refractivity contribution in [3.05, 3.63) is 48.2 Å². The number of anilines is 1. The predicted octanol–water partition coefficient (Wildman–Crippen LogP) is 1.55. The minimum absolute atomic E-state index is 0.00750. The first-order valence-electron chi connectivity index (χ1n) is 9.49. The van der Waals surface area contributed by atoms with Crippen LogP contribution in [0.1, 0.15) is 38.1 Å². The first kappa shape index (κ1) is 24.7. The number of carbonyl (C=O) groups is 1. The molecule has 1 heterocycles. The molecule has 0 aliphatic heterocycles. The largest absolute Gasteiger partial charge is 0.355 e. The first-order chi connectivity index (χ1) is 14.4. The van der Waals surface area contributed by atoms with Gasteiger partial charge in [-0.05, 0) is 64.1 Å². The number of carbonyl (C=O) groups excluding carboxylic acids is 1. The number of hydrogen-bond donors (Lipinski definition) is 3. The lowest BCUT2D eigenvalue weighted by Gasteiger charge is -2.29. The molecule has 2 aromatic rings. The second-order valence-corrected chi connectivity index (χ2v) is 10.8. The van der Waals surface area contributed by atoms with Crippen molar-refractivity contribution in [2.45, 2.75) is 49.6 Å². The van der Waals surface area contributed by atoms with Gasteiger partial charge in [0.25, 0.3) is 15.9 Å².